The number of carbonyl (C=O) groups excluding carboxylic acids is 1. The van der Waals surface area contributed by atoms with E-state index in [1.165, 1.54) is 26.2 Å². The zero-order valence-corrected chi connectivity index (χ0v) is 8.45. The molecule has 0 radical (unpaired) electrons. The molecule has 74 valence electrons. The lowest BCUT2D eigenvalue weighted by atomic mass is 10.0. The van der Waals surface area contributed by atoms with Crippen LogP contribution in [-0.2, 0) is 9.53 Å². The predicted octanol–water partition coefficient (Wildman–Crippen LogP) is 2.68. The van der Waals surface area contributed by atoms with Crippen LogP contribution in [0.15, 0.2) is 12.2 Å². The van der Waals surface area contributed by atoms with Gasteiger partial charge >= 0.3 is 5.97 Å². The second-order valence-electron chi connectivity index (χ2n) is 3.67. The standard InChI is InChI=1S/C11H18O2/c1-3-4-5-10-6-7-11(8-10)13-9(2)12/h6-7,10-11H,3-5,8H2,1-2H3/t10-,11-/m1/s1. The zero-order valence-electron chi connectivity index (χ0n) is 8.45. The Balaban J connectivity index is 2.21. The largest absolute Gasteiger partial charge is 0.458 e. The Kier molecular flexibility index (Phi) is 4.00. The van der Waals surface area contributed by atoms with Crippen LogP contribution in [0.3, 0.4) is 0 Å². The predicted molar refractivity (Wildman–Crippen MR) is 52.3 cm³/mol. The molecule has 13 heavy (non-hydrogen) atoms. The van der Waals surface area contributed by atoms with Crippen molar-refractivity contribution in [2.45, 2.75) is 45.6 Å². The van der Waals surface area contributed by atoms with Crippen molar-refractivity contribution in [3.8, 4) is 0 Å². The lowest BCUT2D eigenvalue weighted by Gasteiger charge is -2.11. The second kappa shape index (κ2) is 5.05. The first-order valence-corrected chi connectivity index (χ1v) is 5.08. The molecule has 0 aromatic rings. The summed E-state index contributed by atoms with van der Waals surface area (Å²) in [6, 6.07) is 0. The molecule has 0 aromatic heterocycles. The molecule has 0 amide bonds. The van der Waals surface area contributed by atoms with Gasteiger partial charge in [-0.3, -0.25) is 4.79 Å². The van der Waals surface area contributed by atoms with Crippen molar-refractivity contribution in [3.63, 3.8) is 0 Å². The van der Waals surface area contributed by atoms with Crippen LogP contribution >= 0.6 is 0 Å². The van der Waals surface area contributed by atoms with E-state index in [1.807, 2.05) is 6.08 Å². The van der Waals surface area contributed by atoms with Gasteiger partial charge in [-0.25, -0.2) is 0 Å². The van der Waals surface area contributed by atoms with Crippen molar-refractivity contribution >= 4 is 5.97 Å². The molecule has 0 N–H and O–H groups in total. The third kappa shape index (κ3) is 3.62. The van der Waals surface area contributed by atoms with Gasteiger partial charge in [-0.05, 0) is 24.8 Å². The van der Waals surface area contributed by atoms with Crippen molar-refractivity contribution in [1.29, 1.82) is 0 Å². The highest BCUT2D eigenvalue weighted by Crippen LogP contribution is 2.24. The monoisotopic (exact) mass is 182 g/mol. The maximum atomic E-state index is 10.7. The van der Waals surface area contributed by atoms with Crippen LogP contribution in [0.4, 0.5) is 0 Å². The van der Waals surface area contributed by atoms with Gasteiger partial charge in [-0.1, -0.05) is 25.8 Å². The van der Waals surface area contributed by atoms with E-state index in [1.54, 1.807) is 0 Å². The summed E-state index contributed by atoms with van der Waals surface area (Å²) in [5.41, 5.74) is 0. The van der Waals surface area contributed by atoms with Gasteiger partial charge in [0.1, 0.15) is 6.10 Å². The minimum Gasteiger partial charge on any atom is -0.458 e. The SMILES string of the molecule is CCCC[C@@H]1C=C[C@@H](OC(C)=O)C1. The van der Waals surface area contributed by atoms with Crippen LogP contribution in [0.5, 0.6) is 0 Å². The minimum atomic E-state index is -0.175. The molecular weight excluding hydrogens is 164 g/mol. The molecule has 0 bridgehead atoms. The van der Waals surface area contributed by atoms with E-state index in [0.717, 1.165) is 6.42 Å². The first-order valence-electron chi connectivity index (χ1n) is 5.08. The molecule has 0 heterocycles. The van der Waals surface area contributed by atoms with Gasteiger partial charge in [0.25, 0.3) is 0 Å². The van der Waals surface area contributed by atoms with E-state index < -0.39 is 0 Å². The molecule has 0 unspecified atom stereocenters. The zero-order chi connectivity index (χ0) is 9.68. The van der Waals surface area contributed by atoms with Crippen LogP contribution in [0, 0.1) is 5.92 Å². The number of carbonyl (C=O) groups is 1. The molecule has 1 aliphatic carbocycles. The summed E-state index contributed by atoms with van der Waals surface area (Å²) in [4.78, 5) is 10.7. The van der Waals surface area contributed by atoms with Crippen molar-refractivity contribution in [2.75, 3.05) is 0 Å². The maximum Gasteiger partial charge on any atom is 0.303 e. The number of allylic oxidation sites excluding steroid dienone is 1. The van der Waals surface area contributed by atoms with Crippen LogP contribution in [0.1, 0.15) is 39.5 Å². The van der Waals surface area contributed by atoms with E-state index in [2.05, 4.69) is 13.0 Å². The van der Waals surface area contributed by atoms with E-state index in [-0.39, 0.29) is 12.1 Å². The fourth-order valence-corrected chi connectivity index (χ4v) is 1.72. The highest BCUT2D eigenvalue weighted by atomic mass is 16.5. The van der Waals surface area contributed by atoms with E-state index in [4.69, 9.17) is 4.74 Å². The average molecular weight is 182 g/mol. The first-order chi connectivity index (χ1) is 6.22. The number of esters is 1. The molecule has 2 heteroatoms. The molecule has 0 spiro atoms. The maximum absolute atomic E-state index is 10.7. The fraction of sp³-hybridized carbons (Fsp3) is 0.727. The van der Waals surface area contributed by atoms with Crippen molar-refractivity contribution in [3.05, 3.63) is 12.2 Å². The first kappa shape index (κ1) is 10.3. The smallest absolute Gasteiger partial charge is 0.303 e. The summed E-state index contributed by atoms with van der Waals surface area (Å²) in [7, 11) is 0. The van der Waals surface area contributed by atoms with E-state index in [0.29, 0.717) is 5.92 Å². The van der Waals surface area contributed by atoms with Crippen LogP contribution in [0.2, 0.25) is 0 Å². The topological polar surface area (TPSA) is 26.3 Å². The number of unbranched alkanes of at least 4 members (excludes halogenated alkanes) is 1. The van der Waals surface area contributed by atoms with Crippen molar-refractivity contribution < 1.29 is 9.53 Å². The Hall–Kier alpha value is -0.790. The third-order valence-corrected chi connectivity index (χ3v) is 2.38. The average Bonchev–Trinajstić information content (AvgIpc) is 2.48. The van der Waals surface area contributed by atoms with Crippen molar-refractivity contribution in [1.82, 2.24) is 0 Å². The fourth-order valence-electron chi connectivity index (χ4n) is 1.72. The summed E-state index contributed by atoms with van der Waals surface area (Å²) in [5.74, 6) is 0.454. The van der Waals surface area contributed by atoms with Gasteiger partial charge in [-0.15, -0.1) is 0 Å². The van der Waals surface area contributed by atoms with Crippen molar-refractivity contribution in [2.24, 2.45) is 5.92 Å². The van der Waals surface area contributed by atoms with Gasteiger partial charge in [0.2, 0.25) is 0 Å². The molecule has 2 atom stereocenters. The molecule has 0 saturated carbocycles. The molecule has 1 aliphatic rings. The highest BCUT2D eigenvalue weighted by Gasteiger charge is 2.20. The van der Waals surface area contributed by atoms with Gasteiger partial charge in [0.05, 0.1) is 0 Å². The molecule has 0 aliphatic heterocycles. The molecule has 1 rings (SSSR count). The Morgan fingerprint density at radius 3 is 2.92 bits per heavy atom. The number of hydrogen-bond acceptors (Lipinski definition) is 2. The minimum absolute atomic E-state index is 0.0411. The lowest BCUT2D eigenvalue weighted by Crippen LogP contribution is -2.12. The van der Waals surface area contributed by atoms with E-state index >= 15 is 0 Å². The van der Waals surface area contributed by atoms with Gasteiger partial charge in [0.15, 0.2) is 0 Å². The summed E-state index contributed by atoms with van der Waals surface area (Å²) in [5, 5.41) is 0. The third-order valence-electron chi connectivity index (χ3n) is 2.38. The van der Waals surface area contributed by atoms with Crippen LogP contribution in [0.25, 0.3) is 0 Å². The molecule has 2 nitrogen and oxygen atoms in total. The quantitative estimate of drug-likeness (QED) is 0.493. The number of ether oxygens (including phenoxy) is 1. The second-order valence-corrected chi connectivity index (χ2v) is 3.67. The Morgan fingerprint density at radius 2 is 2.31 bits per heavy atom. The molecule has 0 saturated heterocycles. The molecule has 0 aromatic carbocycles. The lowest BCUT2D eigenvalue weighted by molar-refractivity contribution is -0.144. The summed E-state index contributed by atoms with van der Waals surface area (Å²) in [6.07, 6.45) is 8.96. The van der Waals surface area contributed by atoms with Gasteiger partial charge in [-0.2, -0.15) is 0 Å². The summed E-state index contributed by atoms with van der Waals surface area (Å²) < 4.78 is 5.10. The van der Waals surface area contributed by atoms with Crippen LogP contribution in [-0.4, -0.2) is 12.1 Å². The normalized spacial score (nSPS) is 26.3. The molecule has 0 fully saturated rings. The number of rotatable bonds is 4. The van der Waals surface area contributed by atoms with Crippen LogP contribution < -0.4 is 0 Å². The number of hydrogen-bond donors (Lipinski definition) is 0. The summed E-state index contributed by atoms with van der Waals surface area (Å²) >= 11 is 0. The Labute approximate surface area is 80.0 Å². The van der Waals surface area contributed by atoms with Gasteiger partial charge < -0.3 is 4.74 Å². The molecular formula is C11H18O2. The highest BCUT2D eigenvalue weighted by molar-refractivity contribution is 5.66. The van der Waals surface area contributed by atoms with E-state index in [9.17, 15) is 4.79 Å². The Morgan fingerprint density at radius 1 is 1.54 bits per heavy atom. The van der Waals surface area contributed by atoms with Gasteiger partial charge in [0, 0.05) is 6.92 Å². The Bertz CT molecular complexity index is 196. The summed E-state index contributed by atoms with van der Waals surface area (Å²) in [6.45, 7) is 3.66.